The third-order valence-corrected chi connectivity index (χ3v) is 15.2. The Morgan fingerprint density at radius 2 is 1.52 bits per heavy atom. The van der Waals surface area contributed by atoms with Crippen LogP contribution in [0.5, 0.6) is 0 Å². The van der Waals surface area contributed by atoms with E-state index in [2.05, 4.69) is 67.7 Å². The van der Waals surface area contributed by atoms with E-state index in [1.165, 1.54) is 0 Å². The number of amides is 1. The number of imidazole rings is 1. The molecule has 4 rings (SSSR count). The van der Waals surface area contributed by atoms with Gasteiger partial charge in [-0.15, -0.1) is 0 Å². The minimum Gasteiger partial charge on any atom is -0.445 e. The Morgan fingerprint density at radius 3 is 2.16 bits per heavy atom. The molecule has 0 bridgehead atoms. The number of carbonyl (C=O) groups excluding carboxylic acids is 2. The van der Waals surface area contributed by atoms with Crippen LogP contribution in [0.15, 0.2) is 42.5 Å². The molecular formula is C38H57Cl2N3O5Si2. The van der Waals surface area contributed by atoms with Crippen molar-refractivity contribution in [2.45, 2.75) is 131 Å². The molecule has 1 aromatic heterocycles. The molecule has 12 heteroatoms. The normalized spacial score (nSPS) is 17.7. The van der Waals surface area contributed by atoms with Crippen molar-refractivity contribution in [3.05, 3.63) is 63.9 Å². The van der Waals surface area contributed by atoms with E-state index in [9.17, 15) is 9.59 Å². The number of ether oxygens (including phenoxy) is 1. The molecule has 0 unspecified atom stereocenters. The van der Waals surface area contributed by atoms with Gasteiger partial charge in [-0.1, -0.05) is 95.1 Å². The van der Waals surface area contributed by atoms with Crippen molar-refractivity contribution in [2.75, 3.05) is 6.54 Å². The van der Waals surface area contributed by atoms with Crippen LogP contribution in [0.1, 0.15) is 72.2 Å². The zero-order chi connectivity index (χ0) is 37.1. The third-order valence-electron chi connectivity index (χ3n) is 8.77. The summed E-state index contributed by atoms with van der Waals surface area (Å²) in [6, 6.07) is 14.6. The number of fused-ring (bicyclic) bond motifs is 1. The van der Waals surface area contributed by atoms with E-state index in [1.807, 2.05) is 34.9 Å². The molecule has 8 nitrogen and oxygen atoms in total. The lowest BCUT2D eigenvalue weighted by Crippen LogP contribution is -2.55. The highest BCUT2D eigenvalue weighted by atomic mass is 35.5. The average Bonchev–Trinajstić information content (AvgIpc) is 3.29. The Hall–Kier alpha value is -2.22. The highest BCUT2D eigenvalue weighted by molar-refractivity contribution is 6.71. The quantitative estimate of drug-likeness (QED) is 0.161. The van der Waals surface area contributed by atoms with Crippen LogP contribution in [0.3, 0.4) is 0 Å². The summed E-state index contributed by atoms with van der Waals surface area (Å²) < 4.78 is 21.2. The van der Waals surface area contributed by atoms with Gasteiger partial charge in [-0.25, -0.2) is 9.78 Å². The molecule has 1 amide bonds. The van der Waals surface area contributed by atoms with E-state index in [1.54, 1.807) is 17.0 Å². The number of Topliss-reactive ketones (excluding diaryl/α,β-unsaturated/α-hetero) is 1. The monoisotopic (exact) mass is 761 g/mol. The molecule has 0 radical (unpaired) electrons. The smallest absolute Gasteiger partial charge is 0.410 e. The Balaban J connectivity index is 1.62. The Labute approximate surface area is 311 Å². The number of hydrogen-bond donors (Lipinski definition) is 0. The topological polar surface area (TPSA) is 82.9 Å². The average molecular weight is 763 g/mol. The maximum atomic E-state index is 14.2. The maximum Gasteiger partial charge on any atom is 0.410 e. The second-order valence-corrected chi connectivity index (χ2v) is 26.6. The van der Waals surface area contributed by atoms with Crippen molar-refractivity contribution in [1.29, 1.82) is 0 Å². The van der Waals surface area contributed by atoms with Gasteiger partial charge < -0.3 is 23.1 Å². The van der Waals surface area contributed by atoms with Gasteiger partial charge in [-0.05, 0) is 79.6 Å². The molecule has 1 aliphatic rings. The summed E-state index contributed by atoms with van der Waals surface area (Å²) in [5, 5.41) is 0.792. The predicted octanol–water partition coefficient (Wildman–Crippen LogP) is 10.5. The van der Waals surface area contributed by atoms with Crippen LogP contribution in [0.2, 0.25) is 48.3 Å². The van der Waals surface area contributed by atoms with Crippen molar-refractivity contribution < 1.29 is 23.2 Å². The van der Waals surface area contributed by atoms with Crippen LogP contribution in [0.25, 0.3) is 11.0 Å². The van der Waals surface area contributed by atoms with Crippen LogP contribution in [0, 0.1) is 10.8 Å². The van der Waals surface area contributed by atoms with Gasteiger partial charge in [-0.3, -0.25) is 4.79 Å². The zero-order valence-corrected chi connectivity index (χ0v) is 35.2. The minimum absolute atomic E-state index is 0.0422. The summed E-state index contributed by atoms with van der Waals surface area (Å²) in [6.07, 6.45) is 0.967. The first kappa shape index (κ1) is 40.6. The number of aromatic nitrogens is 2. The number of hydrogen-bond acceptors (Lipinski definition) is 6. The van der Waals surface area contributed by atoms with Gasteiger partial charge in [0.2, 0.25) is 0 Å². The van der Waals surface area contributed by atoms with Gasteiger partial charge in [0.1, 0.15) is 12.4 Å². The molecule has 0 N–H and O–H groups in total. The van der Waals surface area contributed by atoms with Gasteiger partial charge in [-0.2, -0.15) is 0 Å². The summed E-state index contributed by atoms with van der Waals surface area (Å²) >= 11 is 12.9. The number of benzene rings is 2. The van der Waals surface area contributed by atoms with Crippen LogP contribution in [-0.2, 0) is 38.1 Å². The predicted molar refractivity (Wildman–Crippen MR) is 209 cm³/mol. The summed E-state index contributed by atoms with van der Waals surface area (Å²) in [7, 11) is -4.22. The van der Waals surface area contributed by atoms with Crippen LogP contribution < -0.4 is 0 Å². The highest BCUT2D eigenvalue weighted by Crippen LogP contribution is 2.35. The van der Waals surface area contributed by atoms with Crippen molar-refractivity contribution in [3.8, 4) is 0 Å². The van der Waals surface area contributed by atoms with Gasteiger partial charge in [0.05, 0.1) is 46.4 Å². The minimum atomic E-state index is -2.17. The summed E-state index contributed by atoms with van der Waals surface area (Å²) in [5.41, 5.74) is 2.51. The Kier molecular flexibility index (Phi) is 13.1. The van der Waals surface area contributed by atoms with E-state index in [-0.39, 0.29) is 48.9 Å². The first-order chi connectivity index (χ1) is 23.1. The van der Waals surface area contributed by atoms with Crippen molar-refractivity contribution >= 4 is 62.7 Å². The van der Waals surface area contributed by atoms with Gasteiger partial charge >= 0.3 is 6.09 Å². The first-order valence-corrected chi connectivity index (χ1v) is 24.8. The molecule has 2 heterocycles. The Bertz CT molecular complexity index is 1630. The number of ketones is 1. The lowest BCUT2D eigenvalue weighted by molar-refractivity contribution is -0.122. The van der Waals surface area contributed by atoms with E-state index >= 15 is 0 Å². The van der Waals surface area contributed by atoms with E-state index < -0.39 is 28.8 Å². The number of piperidine rings is 1. The number of rotatable bonds is 13. The third kappa shape index (κ3) is 11.9. The second kappa shape index (κ2) is 16.2. The molecule has 1 fully saturated rings. The maximum absolute atomic E-state index is 14.2. The van der Waals surface area contributed by atoms with E-state index in [0.29, 0.717) is 27.9 Å². The summed E-state index contributed by atoms with van der Waals surface area (Å²) in [6.45, 7) is 23.2. The highest BCUT2D eigenvalue weighted by Gasteiger charge is 2.41. The molecular weight excluding hydrogens is 706 g/mol. The molecule has 1 saturated heterocycles. The number of nitrogens with zero attached hydrogens (tertiary/aromatic N) is 3. The number of carbonyl (C=O) groups is 2. The standard InChI is InChI=1S/C38H57Cl2N3O5Si2/c1-37(2,3)25-49(7,8)47-24-35-41-31-20-29(39)30(40)21-32(31)43(35)22-28(44)19-33-34(48-50(9,10)26-38(4,5)6)17-14-18-42(33)36(45)46-23-27-15-12-11-13-16-27/h11-13,15-16,20-21,33-34H,14,17-19,22-26H2,1-10H3/t33-,34+/m1/s1. The molecule has 276 valence electrons. The fourth-order valence-electron chi connectivity index (χ4n) is 7.68. The van der Waals surface area contributed by atoms with E-state index in [4.69, 9.17) is 41.8 Å². The fraction of sp³-hybridized carbons (Fsp3) is 0.605. The lowest BCUT2D eigenvalue weighted by Gasteiger charge is -2.44. The van der Waals surface area contributed by atoms with Gasteiger partial charge in [0.15, 0.2) is 22.4 Å². The van der Waals surface area contributed by atoms with Crippen molar-refractivity contribution in [2.24, 2.45) is 10.8 Å². The van der Waals surface area contributed by atoms with E-state index in [0.717, 1.165) is 36.0 Å². The van der Waals surface area contributed by atoms with Crippen molar-refractivity contribution in [3.63, 3.8) is 0 Å². The van der Waals surface area contributed by atoms with Gasteiger partial charge in [0, 0.05) is 13.0 Å². The number of likely N-dealkylation sites (tertiary alicyclic amines) is 1. The molecule has 2 aromatic carbocycles. The molecule has 0 aliphatic carbocycles. The van der Waals surface area contributed by atoms with Crippen LogP contribution in [0.4, 0.5) is 4.79 Å². The van der Waals surface area contributed by atoms with Crippen LogP contribution >= 0.6 is 23.2 Å². The SMILES string of the molecule is CC(C)(C)C[Si](C)(C)OCc1nc2cc(Cl)c(Cl)cc2n1CC(=O)C[C@@H]1[C@@H](O[Si](C)(C)CC(C)(C)C)CCCN1C(=O)OCc1ccccc1. The largest absolute Gasteiger partial charge is 0.445 e. The molecule has 0 saturated carbocycles. The fourth-order valence-corrected chi connectivity index (χ4v) is 14.9. The van der Waals surface area contributed by atoms with Crippen molar-refractivity contribution in [1.82, 2.24) is 14.5 Å². The number of halogens is 2. The molecule has 0 spiro atoms. The summed E-state index contributed by atoms with van der Waals surface area (Å²) in [4.78, 5) is 34.5. The zero-order valence-electron chi connectivity index (χ0n) is 31.7. The van der Waals surface area contributed by atoms with Crippen LogP contribution in [-0.4, -0.2) is 61.7 Å². The molecule has 3 aromatic rings. The Morgan fingerprint density at radius 1 is 0.900 bits per heavy atom. The first-order valence-electron chi connectivity index (χ1n) is 17.8. The second-order valence-electron chi connectivity index (χ2n) is 17.5. The molecule has 2 atom stereocenters. The molecule has 1 aliphatic heterocycles. The van der Waals surface area contributed by atoms with Gasteiger partial charge in [0.25, 0.3) is 0 Å². The molecule has 50 heavy (non-hydrogen) atoms. The summed E-state index contributed by atoms with van der Waals surface area (Å²) in [5.74, 6) is 0.606. The lowest BCUT2D eigenvalue weighted by atomic mass is 9.95.